The zero-order valence-electron chi connectivity index (χ0n) is 19.8. The minimum Gasteiger partial charge on any atom is -0.546 e. The van der Waals surface area contributed by atoms with E-state index in [2.05, 4.69) is 20.8 Å². The second-order valence-corrected chi connectivity index (χ2v) is 13.5. The number of benzene rings is 1. The highest BCUT2D eigenvalue weighted by atomic mass is 28.4. The zero-order chi connectivity index (χ0) is 23.4. The van der Waals surface area contributed by atoms with Gasteiger partial charge in [-0.2, -0.15) is 0 Å². The van der Waals surface area contributed by atoms with Crippen LogP contribution in [0.25, 0.3) is 0 Å². The predicted molar refractivity (Wildman–Crippen MR) is 126 cm³/mol. The molecule has 31 heavy (non-hydrogen) atoms. The van der Waals surface area contributed by atoms with Crippen LogP contribution in [0.1, 0.15) is 70.9 Å². The van der Waals surface area contributed by atoms with Gasteiger partial charge in [0.1, 0.15) is 0 Å². The molecule has 0 bridgehead atoms. The Labute approximate surface area is 187 Å². The summed E-state index contributed by atoms with van der Waals surface area (Å²) in [5.74, 6) is -2.07. The molecular weight excluding hydrogens is 408 g/mol. The van der Waals surface area contributed by atoms with Crippen LogP contribution in [0, 0.1) is 17.8 Å². The number of allylic oxidation sites excluding steroid dienone is 2. The molecule has 1 unspecified atom stereocenters. The summed E-state index contributed by atoms with van der Waals surface area (Å²) in [5, 5.41) is 21.1. The Balaban J connectivity index is 2.90. The molecule has 5 nitrogen and oxygen atoms in total. The molecule has 2 rings (SSSR count). The van der Waals surface area contributed by atoms with Gasteiger partial charge in [0.05, 0.1) is 22.5 Å². The lowest BCUT2D eigenvalue weighted by Gasteiger charge is -2.53. The molecule has 1 aromatic carbocycles. The fourth-order valence-corrected chi connectivity index (χ4v) is 8.29. The van der Waals surface area contributed by atoms with Crippen LogP contribution >= 0.6 is 0 Å². The van der Waals surface area contributed by atoms with Gasteiger partial charge in [-0.3, -0.25) is 9.59 Å². The van der Waals surface area contributed by atoms with E-state index in [1.807, 2.05) is 37.3 Å². The van der Waals surface area contributed by atoms with Crippen molar-refractivity contribution in [2.24, 2.45) is 10.8 Å². The first-order valence-corrected chi connectivity index (χ1v) is 14.1. The molecule has 0 amide bonds. The highest BCUT2D eigenvalue weighted by molar-refractivity contribution is 6.73. The van der Waals surface area contributed by atoms with E-state index in [1.54, 1.807) is 13.8 Å². The molecule has 3 atom stereocenters. The minimum atomic E-state index is -2.10. The van der Waals surface area contributed by atoms with E-state index >= 15 is 0 Å². The molecule has 0 radical (unpaired) electrons. The standard InChI is InChI=1S/C25H38O5Si/c1-7-24(22(26)27)17-16-20(30-31(9-3,10-4)11-5)21(25(24,8-2)23(28)29)19-15-13-12-14-18(19)6/h12-16,21H,7-11,17H2,1-6H3,(H,26,27)(H,28,29)/t21?,24-,25-/m1/s1. The van der Waals surface area contributed by atoms with Crippen LogP contribution in [-0.4, -0.2) is 30.5 Å². The molecule has 1 aromatic rings. The van der Waals surface area contributed by atoms with Crippen LogP contribution in [-0.2, 0) is 14.0 Å². The fourth-order valence-electron chi connectivity index (χ4n) is 5.65. The molecule has 0 fully saturated rings. The van der Waals surface area contributed by atoms with Crippen molar-refractivity contribution in [3.63, 3.8) is 0 Å². The quantitative estimate of drug-likeness (QED) is 0.409. The minimum absolute atomic E-state index is 0.165. The van der Waals surface area contributed by atoms with Crippen LogP contribution in [0.3, 0.4) is 0 Å². The van der Waals surface area contributed by atoms with Gasteiger partial charge in [0, 0.05) is 0 Å². The Hall–Kier alpha value is -2.08. The van der Waals surface area contributed by atoms with Gasteiger partial charge in [-0.25, -0.2) is 0 Å². The maximum Gasteiger partial charge on any atom is 0.311 e. The summed E-state index contributed by atoms with van der Waals surface area (Å²) in [6.07, 6.45) is 2.51. The first-order chi connectivity index (χ1) is 14.6. The fraction of sp³-hybridized carbons (Fsp3) is 0.600. The average molecular weight is 447 g/mol. The third-order valence-corrected chi connectivity index (χ3v) is 12.5. The Bertz CT molecular complexity index is 836. The molecule has 1 aliphatic rings. The number of hydrogen-bond acceptors (Lipinski definition) is 3. The van der Waals surface area contributed by atoms with E-state index in [0.717, 1.165) is 29.3 Å². The summed E-state index contributed by atoms with van der Waals surface area (Å²) in [6, 6.07) is 10.5. The van der Waals surface area contributed by atoms with Crippen molar-refractivity contribution in [1.29, 1.82) is 0 Å². The van der Waals surface area contributed by atoms with Gasteiger partial charge >= 0.3 is 11.9 Å². The zero-order valence-corrected chi connectivity index (χ0v) is 20.8. The van der Waals surface area contributed by atoms with Gasteiger partial charge in [-0.05, 0) is 61.5 Å². The molecule has 172 valence electrons. The molecule has 1 aliphatic carbocycles. The van der Waals surface area contributed by atoms with E-state index in [9.17, 15) is 19.8 Å². The van der Waals surface area contributed by atoms with Crippen molar-refractivity contribution < 1.29 is 24.2 Å². The third-order valence-electron chi connectivity index (χ3n) is 8.00. The average Bonchev–Trinajstić information content (AvgIpc) is 2.77. The Kier molecular flexibility index (Phi) is 7.79. The lowest BCUT2D eigenvalue weighted by molar-refractivity contribution is -0.179. The lowest BCUT2D eigenvalue weighted by Crippen LogP contribution is -2.58. The largest absolute Gasteiger partial charge is 0.546 e. The number of carbonyl (C=O) groups is 2. The van der Waals surface area contributed by atoms with Crippen LogP contribution in [0.2, 0.25) is 18.1 Å². The van der Waals surface area contributed by atoms with Gasteiger partial charge in [0.2, 0.25) is 8.32 Å². The SMILES string of the molecule is CC[C@]1(C(=O)O)CC=C(O[Si](CC)(CC)CC)C(c2ccccc2C)[C@]1(CC)C(=O)O. The Morgan fingerprint density at radius 1 is 1.00 bits per heavy atom. The highest BCUT2D eigenvalue weighted by Crippen LogP contribution is 2.62. The second kappa shape index (κ2) is 9.59. The smallest absolute Gasteiger partial charge is 0.311 e. The van der Waals surface area contributed by atoms with Crippen molar-refractivity contribution in [3.05, 3.63) is 47.2 Å². The van der Waals surface area contributed by atoms with Gasteiger partial charge in [-0.1, -0.05) is 58.9 Å². The maximum absolute atomic E-state index is 13.1. The number of aryl methyl sites for hydroxylation is 1. The van der Waals surface area contributed by atoms with Crippen LogP contribution in [0.4, 0.5) is 0 Å². The number of hydrogen-bond donors (Lipinski definition) is 2. The third kappa shape index (κ3) is 3.84. The summed E-state index contributed by atoms with van der Waals surface area (Å²) in [6.45, 7) is 12.0. The van der Waals surface area contributed by atoms with Gasteiger partial charge in [-0.15, -0.1) is 0 Å². The van der Waals surface area contributed by atoms with Gasteiger partial charge < -0.3 is 14.6 Å². The maximum atomic E-state index is 13.1. The van der Waals surface area contributed by atoms with Gasteiger partial charge in [0.15, 0.2) is 0 Å². The van der Waals surface area contributed by atoms with Crippen LogP contribution in [0.15, 0.2) is 36.1 Å². The second-order valence-electron chi connectivity index (χ2n) is 8.82. The van der Waals surface area contributed by atoms with E-state index < -0.39 is 37.0 Å². The molecule has 0 saturated heterocycles. The summed E-state index contributed by atoms with van der Waals surface area (Å²) >= 11 is 0. The molecule has 0 heterocycles. The Morgan fingerprint density at radius 3 is 2.00 bits per heavy atom. The van der Waals surface area contributed by atoms with Crippen molar-refractivity contribution in [2.75, 3.05) is 0 Å². The lowest BCUT2D eigenvalue weighted by atomic mass is 9.49. The van der Waals surface area contributed by atoms with Crippen LogP contribution in [0.5, 0.6) is 0 Å². The molecule has 6 heteroatoms. The first-order valence-electron chi connectivity index (χ1n) is 11.6. The monoisotopic (exact) mass is 446 g/mol. The molecule has 0 aliphatic heterocycles. The van der Waals surface area contributed by atoms with Crippen molar-refractivity contribution in [2.45, 2.75) is 84.9 Å². The predicted octanol–water partition coefficient (Wildman–Crippen LogP) is 6.35. The molecule has 2 N–H and O–H groups in total. The summed E-state index contributed by atoms with van der Waals surface area (Å²) in [5.41, 5.74) is -1.10. The number of carboxylic acids is 2. The Morgan fingerprint density at radius 2 is 1.58 bits per heavy atom. The van der Waals surface area contributed by atoms with E-state index in [1.165, 1.54) is 0 Å². The molecule has 0 spiro atoms. The van der Waals surface area contributed by atoms with Crippen molar-refractivity contribution in [3.8, 4) is 0 Å². The van der Waals surface area contributed by atoms with E-state index in [-0.39, 0.29) is 19.3 Å². The molecular formula is C25H38O5Si. The summed E-state index contributed by atoms with van der Waals surface area (Å²) < 4.78 is 6.82. The number of aliphatic carboxylic acids is 2. The number of carboxylic acid groups (broad SMARTS) is 2. The van der Waals surface area contributed by atoms with Crippen molar-refractivity contribution in [1.82, 2.24) is 0 Å². The molecule has 0 aromatic heterocycles. The van der Waals surface area contributed by atoms with Crippen molar-refractivity contribution >= 4 is 20.3 Å². The van der Waals surface area contributed by atoms with Crippen LogP contribution < -0.4 is 0 Å². The number of rotatable bonds is 10. The molecule has 0 saturated carbocycles. The topological polar surface area (TPSA) is 83.8 Å². The van der Waals surface area contributed by atoms with E-state index in [4.69, 9.17) is 4.43 Å². The summed E-state index contributed by atoms with van der Waals surface area (Å²) in [7, 11) is -2.10. The summed E-state index contributed by atoms with van der Waals surface area (Å²) in [4.78, 5) is 25.8. The normalized spacial score (nSPS) is 26.3. The highest BCUT2D eigenvalue weighted by Gasteiger charge is 2.66. The first kappa shape index (κ1) is 25.2. The van der Waals surface area contributed by atoms with Gasteiger partial charge in [0.25, 0.3) is 0 Å². The van der Waals surface area contributed by atoms with E-state index in [0.29, 0.717) is 5.76 Å².